The highest BCUT2D eigenvalue weighted by molar-refractivity contribution is 7.92. The van der Waals surface area contributed by atoms with Crippen LogP contribution >= 0.6 is 0 Å². The highest BCUT2D eigenvalue weighted by atomic mass is 32.2. The molecule has 2 heterocycles. The molecule has 2 aromatic rings. The summed E-state index contributed by atoms with van der Waals surface area (Å²) in [5, 5.41) is 11.4. The first-order valence-corrected chi connectivity index (χ1v) is 14.2. The van der Waals surface area contributed by atoms with Crippen LogP contribution in [0.4, 0.5) is 30.2 Å². The number of alkyl halides is 2. The summed E-state index contributed by atoms with van der Waals surface area (Å²) >= 11 is 0. The second-order valence-electron chi connectivity index (χ2n) is 10.5. The van der Waals surface area contributed by atoms with Gasteiger partial charge >= 0.3 is 0 Å². The SMILES string of the molecule is O=C(Nc1cccn(C2CC(F)(F)C2)c1=O)c1c(F)cc(NS(=O)(=O)CCO)cc1N1CCC2(CC1)CC2. The van der Waals surface area contributed by atoms with Gasteiger partial charge in [0.15, 0.2) is 0 Å². The lowest BCUT2D eigenvalue weighted by molar-refractivity contribution is -0.104. The molecule has 1 aromatic carbocycles. The molecule has 5 rings (SSSR count). The Labute approximate surface area is 217 Å². The number of benzene rings is 1. The summed E-state index contributed by atoms with van der Waals surface area (Å²) in [4.78, 5) is 28.1. The minimum absolute atomic E-state index is 0.0952. The first-order valence-electron chi connectivity index (χ1n) is 12.5. The number of rotatable bonds is 8. The maximum absolute atomic E-state index is 15.5. The molecule has 3 N–H and O–H groups in total. The summed E-state index contributed by atoms with van der Waals surface area (Å²) in [6, 6.07) is 4.32. The quantitative estimate of drug-likeness (QED) is 0.461. The lowest BCUT2D eigenvalue weighted by Crippen LogP contribution is -2.41. The molecule has 0 unspecified atom stereocenters. The molecule has 3 aliphatic rings. The van der Waals surface area contributed by atoms with Gasteiger partial charge in [0, 0.05) is 38.2 Å². The van der Waals surface area contributed by atoms with Crippen LogP contribution in [0.5, 0.6) is 0 Å². The topological polar surface area (TPSA) is 121 Å². The van der Waals surface area contributed by atoms with Crippen LogP contribution in [0.1, 0.15) is 54.9 Å². The van der Waals surface area contributed by atoms with Crippen LogP contribution in [0.2, 0.25) is 0 Å². The van der Waals surface area contributed by atoms with Crippen molar-refractivity contribution >= 4 is 33.0 Å². The molecule has 0 radical (unpaired) electrons. The van der Waals surface area contributed by atoms with Gasteiger partial charge in [-0.2, -0.15) is 0 Å². The summed E-state index contributed by atoms with van der Waals surface area (Å²) in [6.07, 6.45) is 4.36. The Hall–Kier alpha value is -3.06. The molecule has 3 fully saturated rings. The molecule has 206 valence electrons. The lowest BCUT2D eigenvalue weighted by Gasteiger charge is -2.36. The second-order valence-corrected chi connectivity index (χ2v) is 12.3. The monoisotopic (exact) mass is 554 g/mol. The standard InChI is InChI=1S/C25H29F3N4O5S/c26-18-12-16(30-38(36,37)11-10-33)13-20(31-8-5-24(3-4-24)6-9-31)21(18)22(34)29-19-2-1-7-32(23(19)35)17-14-25(27,28)15-17/h1-2,7,12-13,17,30,33H,3-6,8-11,14-15H2,(H,29,34). The van der Waals surface area contributed by atoms with Crippen molar-refractivity contribution in [2.75, 3.05) is 40.4 Å². The Kier molecular flexibility index (Phi) is 6.70. The lowest BCUT2D eigenvalue weighted by atomic mass is 9.88. The zero-order chi connectivity index (χ0) is 27.3. The Balaban J connectivity index is 1.45. The number of carbonyl (C=O) groups is 1. The van der Waals surface area contributed by atoms with Crippen molar-refractivity contribution in [1.29, 1.82) is 0 Å². The van der Waals surface area contributed by atoms with Gasteiger partial charge in [0.05, 0.1) is 29.3 Å². The maximum atomic E-state index is 15.5. The van der Waals surface area contributed by atoms with Crippen LogP contribution in [0.15, 0.2) is 35.3 Å². The van der Waals surface area contributed by atoms with Gasteiger partial charge in [-0.3, -0.25) is 14.3 Å². The molecular formula is C25H29F3N4O5S. The van der Waals surface area contributed by atoms with Crippen LogP contribution in [0.25, 0.3) is 0 Å². The van der Waals surface area contributed by atoms with Crippen LogP contribution in [-0.2, 0) is 10.0 Å². The average molecular weight is 555 g/mol. The Morgan fingerprint density at radius 3 is 2.42 bits per heavy atom. The van der Waals surface area contributed by atoms with E-state index in [9.17, 15) is 26.8 Å². The first kappa shape index (κ1) is 26.5. The first-order chi connectivity index (χ1) is 17.9. The van der Waals surface area contributed by atoms with Gasteiger partial charge in [0.1, 0.15) is 11.5 Å². The number of sulfonamides is 1. The molecule has 1 aromatic heterocycles. The molecule has 1 amide bonds. The van der Waals surface area contributed by atoms with Crippen molar-refractivity contribution in [1.82, 2.24) is 4.57 Å². The van der Waals surface area contributed by atoms with E-state index < -0.39 is 64.5 Å². The molecule has 9 nitrogen and oxygen atoms in total. The molecule has 1 spiro atoms. The number of hydrogen-bond donors (Lipinski definition) is 3. The minimum atomic E-state index is -3.95. The van der Waals surface area contributed by atoms with Crippen molar-refractivity contribution in [2.45, 2.75) is 50.5 Å². The second kappa shape index (κ2) is 9.60. The fourth-order valence-electron chi connectivity index (χ4n) is 5.28. The number of amides is 1. The zero-order valence-electron chi connectivity index (χ0n) is 20.6. The largest absolute Gasteiger partial charge is 0.395 e. The van der Waals surface area contributed by atoms with E-state index in [0.29, 0.717) is 13.1 Å². The predicted octanol–water partition coefficient (Wildman–Crippen LogP) is 3.32. The van der Waals surface area contributed by atoms with Gasteiger partial charge in [-0.05, 0) is 55.4 Å². The van der Waals surface area contributed by atoms with E-state index in [1.165, 1.54) is 24.4 Å². The van der Waals surface area contributed by atoms with Crippen molar-refractivity contribution in [3.05, 3.63) is 52.2 Å². The smallest absolute Gasteiger partial charge is 0.274 e. The number of anilines is 3. The van der Waals surface area contributed by atoms with Gasteiger partial charge in [-0.25, -0.2) is 21.6 Å². The van der Waals surface area contributed by atoms with Crippen LogP contribution < -0.4 is 20.5 Å². The van der Waals surface area contributed by atoms with Crippen LogP contribution in [0, 0.1) is 11.2 Å². The molecule has 38 heavy (non-hydrogen) atoms. The highest BCUT2D eigenvalue weighted by Gasteiger charge is 2.47. The predicted molar refractivity (Wildman–Crippen MR) is 136 cm³/mol. The number of aromatic nitrogens is 1. The van der Waals surface area contributed by atoms with E-state index >= 15 is 4.39 Å². The van der Waals surface area contributed by atoms with Gasteiger partial charge < -0.3 is 19.9 Å². The number of halogens is 3. The fraction of sp³-hybridized carbons (Fsp3) is 0.520. The van der Waals surface area contributed by atoms with E-state index in [1.807, 2.05) is 4.90 Å². The number of piperidine rings is 1. The van der Waals surface area contributed by atoms with Crippen molar-refractivity contribution in [2.24, 2.45) is 5.41 Å². The molecule has 1 saturated heterocycles. The van der Waals surface area contributed by atoms with Crippen LogP contribution in [-0.4, -0.2) is 55.4 Å². The third-order valence-corrected chi connectivity index (χ3v) is 9.00. The van der Waals surface area contributed by atoms with E-state index in [2.05, 4.69) is 10.0 Å². The number of aliphatic hydroxyl groups excluding tert-OH is 1. The van der Waals surface area contributed by atoms with Crippen molar-refractivity contribution in [3.8, 4) is 0 Å². The number of nitrogens with zero attached hydrogens (tertiary/aromatic N) is 2. The highest BCUT2D eigenvalue weighted by Crippen LogP contribution is 2.54. The third kappa shape index (κ3) is 5.39. The van der Waals surface area contributed by atoms with Gasteiger partial charge in [0.2, 0.25) is 10.0 Å². The van der Waals surface area contributed by atoms with E-state index in [1.54, 1.807) is 0 Å². The maximum Gasteiger partial charge on any atom is 0.274 e. The molecule has 0 atom stereocenters. The number of nitrogens with one attached hydrogen (secondary N) is 2. The van der Waals surface area contributed by atoms with Gasteiger partial charge in [-0.15, -0.1) is 0 Å². The Bertz CT molecular complexity index is 1410. The third-order valence-electron chi connectivity index (χ3n) is 7.74. The minimum Gasteiger partial charge on any atom is -0.395 e. The van der Waals surface area contributed by atoms with Crippen molar-refractivity contribution < 1.29 is 31.5 Å². The van der Waals surface area contributed by atoms with Crippen LogP contribution in [0.3, 0.4) is 0 Å². The van der Waals surface area contributed by atoms with Gasteiger partial charge in [-0.1, -0.05) is 0 Å². The molecule has 13 heteroatoms. The summed E-state index contributed by atoms with van der Waals surface area (Å²) < 4.78 is 69.9. The van der Waals surface area contributed by atoms with E-state index in [4.69, 9.17) is 5.11 Å². The summed E-state index contributed by atoms with van der Waals surface area (Å²) in [5.74, 6) is -5.33. The Morgan fingerprint density at radius 2 is 1.82 bits per heavy atom. The number of hydrogen-bond acceptors (Lipinski definition) is 6. The number of pyridine rings is 1. The average Bonchev–Trinajstić information content (AvgIpc) is 3.57. The summed E-state index contributed by atoms with van der Waals surface area (Å²) in [5.41, 5.74) is -0.846. The Morgan fingerprint density at radius 1 is 1.13 bits per heavy atom. The number of carbonyl (C=O) groups excluding carboxylic acids is 1. The normalized spacial score (nSPS) is 20.2. The molecular weight excluding hydrogens is 525 g/mol. The summed E-state index contributed by atoms with van der Waals surface area (Å²) in [7, 11) is -3.95. The fourth-order valence-corrected chi connectivity index (χ4v) is 6.10. The zero-order valence-corrected chi connectivity index (χ0v) is 21.4. The van der Waals surface area contributed by atoms with E-state index in [0.717, 1.165) is 36.3 Å². The van der Waals surface area contributed by atoms with Gasteiger partial charge in [0.25, 0.3) is 17.4 Å². The molecule has 1 aliphatic heterocycles. The molecule has 2 aliphatic carbocycles. The summed E-state index contributed by atoms with van der Waals surface area (Å²) in [6.45, 7) is 0.466. The number of aliphatic hydroxyl groups is 1. The van der Waals surface area contributed by atoms with E-state index in [-0.39, 0.29) is 28.0 Å². The molecule has 0 bridgehead atoms. The molecule has 2 saturated carbocycles. The van der Waals surface area contributed by atoms with Crippen molar-refractivity contribution in [3.63, 3.8) is 0 Å².